The quantitative estimate of drug-likeness (QED) is 0.811. The van der Waals surface area contributed by atoms with Crippen LogP contribution in [0.25, 0.3) is 0 Å². The van der Waals surface area contributed by atoms with Crippen molar-refractivity contribution in [2.45, 2.75) is 25.6 Å². The number of pyridine rings is 1. The van der Waals surface area contributed by atoms with Crippen molar-refractivity contribution < 1.29 is 9.15 Å². The fraction of sp³-hybridized carbons (Fsp3) is 0.500. The highest BCUT2D eigenvalue weighted by atomic mass is 16.5. The van der Waals surface area contributed by atoms with Gasteiger partial charge in [0.25, 0.3) is 0 Å². The topological polar surface area (TPSA) is 54.6 Å². The van der Waals surface area contributed by atoms with E-state index in [1.54, 1.807) is 6.26 Å². The Morgan fingerprint density at radius 3 is 3.05 bits per heavy atom. The van der Waals surface area contributed by atoms with E-state index in [1.165, 1.54) is 6.39 Å². The van der Waals surface area contributed by atoms with E-state index in [1.807, 2.05) is 32.4 Å². The molecule has 1 aliphatic rings. The summed E-state index contributed by atoms with van der Waals surface area (Å²) in [4.78, 5) is 13.0. The second-order valence-corrected chi connectivity index (χ2v) is 5.96. The predicted octanol–water partition coefficient (Wildman–Crippen LogP) is 1.78. The summed E-state index contributed by atoms with van der Waals surface area (Å²) in [6, 6.07) is 3.96. The lowest BCUT2D eigenvalue weighted by molar-refractivity contribution is 0.197. The molecule has 1 unspecified atom stereocenters. The van der Waals surface area contributed by atoms with Crippen molar-refractivity contribution in [1.29, 1.82) is 0 Å². The first-order chi connectivity index (χ1) is 10.7. The molecule has 6 heteroatoms. The molecule has 1 atom stereocenters. The van der Waals surface area contributed by atoms with Gasteiger partial charge < -0.3 is 14.1 Å². The van der Waals surface area contributed by atoms with Crippen LogP contribution >= 0.6 is 0 Å². The molecule has 6 nitrogen and oxygen atoms in total. The molecule has 0 bridgehead atoms. The zero-order valence-electron chi connectivity index (χ0n) is 13.1. The standard InChI is InChI=1S/C16H22N4O2/c1-19(2)8-13-7-15(3-5-17-13)22-16-4-6-20(10-16)9-14-11-21-12-18-14/h3,5,7,11-12,16H,4,6,8-10H2,1-2H3. The third-order valence-corrected chi connectivity index (χ3v) is 3.67. The Morgan fingerprint density at radius 1 is 1.36 bits per heavy atom. The molecule has 1 saturated heterocycles. The van der Waals surface area contributed by atoms with Crippen molar-refractivity contribution in [3.05, 3.63) is 42.4 Å². The van der Waals surface area contributed by atoms with Crippen LogP contribution in [0.4, 0.5) is 0 Å². The average Bonchev–Trinajstić information content (AvgIpc) is 3.11. The average molecular weight is 302 g/mol. The molecule has 0 saturated carbocycles. The summed E-state index contributed by atoms with van der Waals surface area (Å²) in [5.41, 5.74) is 2.00. The van der Waals surface area contributed by atoms with Crippen molar-refractivity contribution >= 4 is 0 Å². The lowest BCUT2D eigenvalue weighted by Gasteiger charge is -2.16. The molecular weight excluding hydrogens is 280 g/mol. The number of oxazole rings is 1. The number of hydrogen-bond acceptors (Lipinski definition) is 6. The molecule has 3 rings (SSSR count). The van der Waals surface area contributed by atoms with Crippen LogP contribution in [-0.4, -0.2) is 53.1 Å². The SMILES string of the molecule is CN(C)Cc1cc(OC2CCN(Cc3cocn3)C2)ccn1. The minimum atomic E-state index is 0.224. The minimum absolute atomic E-state index is 0.224. The Labute approximate surface area is 130 Å². The number of hydrogen-bond donors (Lipinski definition) is 0. The van der Waals surface area contributed by atoms with E-state index in [2.05, 4.69) is 19.8 Å². The van der Waals surface area contributed by atoms with Crippen molar-refractivity contribution in [3.63, 3.8) is 0 Å². The van der Waals surface area contributed by atoms with Gasteiger partial charge in [-0.05, 0) is 26.6 Å². The van der Waals surface area contributed by atoms with Crippen molar-refractivity contribution in [2.24, 2.45) is 0 Å². The third-order valence-electron chi connectivity index (χ3n) is 3.67. The number of ether oxygens (including phenoxy) is 1. The molecule has 1 aliphatic heterocycles. The molecule has 22 heavy (non-hydrogen) atoms. The molecule has 118 valence electrons. The molecule has 0 aliphatic carbocycles. The molecule has 1 fully saturated rings. The van der Waals surface area contributed by atoms with Crippen molar-refractivity contribution in [3.8, 4) is 5.75 Å². The van der Waals surface area contributed by atoms with Gasteiger partial charge >= 0.3 is 0 Å². The van der Waals surface area contributed by atoms with E-state index < -0.39 is 0 Å². The summed E-state index contributed by atoms with van der Waals surface area (Å²) >= 11 is 0. The second kappa shape index (κ2) is 6.89. The summed E-state index contributed by atoms with van der Waals surface area (Å²) in [5.74, 6) is 0.903. The fourth-order valence-corrected chi connectivity index (χ4v) is 2.71. The van der Waals surface area contributed by atoms with Crippen LogP contribution in [0.15, 0.2) is 35.4 Å². The van der Waals surface area contributed by atoms with Crippen molar-refractivity contribution in [1.82, 2.24) is 19.8 Å². The van der Waals surface area contributed by atoms with Gasteiger partial charge in [-0.2, -0.15) is 0 Å². The second-order valence-electron chi connectivity index (χ2n) is 5.96. The molecule has 0 aromatic carbocycles. The van der Waals surface area contributed by atoms with E-state index in [-0.39, 0.29) is 6.10 Å². The number of rotatable bonds is 6. The fourth-order valence-electron chi connectivity index (χ4n) is 2.71. The highest BCUT2D eigenvalue weighted by Crippen LogP contribution is 2.20. The molecule has 2 aromatic heterocycles. The van der Waals surface area contributed by atoms with Gasteiger partial charge in [0.05, 0.1) is 11.4 Å². The first kappa shape index (κ1) is 15.0. The Balaban J connectivity index is 1.53. The van der Waals surface area contributed by atoms with Gasteiger partial charge in [-0.3, -0.25) is 9.88 Å². The maximum Gasteiger partial charge on any atom is 0.180 e. The molecule has 0 N–H and O–H groups in total. The summed E-state index contributed by atoms with van der Waals surface area (Å²) in [6.07, 6.45) is 6.24. The van der Waals surface area contributed by atoms with Crippen LogP contribution in [-0.2, 0) is 13.1 Å². The third kappa shape index (κ3) is 4.05. The number of likely N-dealkylation sites (tertiary alicyclic amines) is 1. The van der Waals surface area contributed by atoms with Gasteiger partial charge in [0, 0.05) is 38.4 Å². The van der Waals surface area contributed by atoms with Gasteiger partial charge in [-0.1, -0.05) is 0 Å². The summed E-state index contributed by atoms with van der Waals surface area (Å²) < 4.78 is 11.1. The summed E-state index contributed by atoms with van der Waals surface area (Å²) in [7, 11) is 4.07. The van der Waals surface area contributed by atoms with E-state index in [0.29, 0.717) is 0 Å². The smallest absolute Gasteiger partial charge is 0.180 e. The maximum absolute atomic E-state index is 6.10. The number of nitrogens with zero attached hydrogens (tertiary/aromatic N) is 4. The molecule has 0 radical (unpaired) electrons. The summed E-state index contributed by atoms with van der Waals surface area (Å²) in [5, 5.41) is 0. The Bertz CT molecular complexity index is 586. The molecule has 3 heterocycles. The normalized spacial score (nSPS) is 19.0. The summed E-state index contributed by atoms with van der Waals surface area (Å²) in [6.45, 7) is 3.57. The van der Waals surface area contributed by atoms with Crippen LogP contribution in [0.5, 0.6) is 5.75 Å². The lowest BCUT2D eigenvalue weighted by Crippen LogP contribution is -2.24. The minimum Gasteiger partial charge on any atom is -0.489 e. The molecule has 0 spiro atoms. The largest absolute Gasteiger partial charge is 0.489 e. The van der Waals surface area contributed by atoms with E-state index in [4.69, 9.17) is 9.15 Å². The lowest BCUT2D eigenvalue weighted by atomic mass is 10.3. The van der Waals surface area contributed by atoms with Crippen LogP contribution in [0.2, 0.25) is 0 Å². The van der Waals surface area contributed by atoms with Crippen molar-refractivity contribution in [2.75, 3.05) is 27.2 Å². The molecule has 2 aromatic rings. The van der Waals surface area contributed by atoms with Gasteiger partial charge in [-0.25, -0.2) is 4.98 Å². The zero-order valence-corrected chi connectivity index (χ0v) is 13.1. The molecular formula is C16H22N4O2. The van der Waals surface area contributed by atoms with E-state index >= 15 is 0 Å². The predicted molar refractivity (Wildman–Crippen MR) is 82.4 cm³/mol. The van der Waals surface area contributed by atoms with Gasteiger partial charge in [0.15, 0.2) is 6.39 Å². The van der Waals surface area contributed by atoms with Crippen LogP contribution < -0.4 is 4.74 Å². The maximum atomic E-state index is 6.10. The Kier molecular flexibility index (Phi) is 4.70. The first-order valence-corrected chi connectivity index (χ1v) is 7.55. The monoisotopic (exact) mass is 302 g/mol. The number of aromatic nitrogens is 2. The molecule has 0 amide bonds. The zero-order chi connectivity index (χ0) is 15.4. The Morgan fingerprint density at radius 2 is 2.27 bits per heavy atom. The van der Waals surface area contributed by atoms with Gasteiger partial charge in [0.1, 0.15) is 18.1 Å². The van der Waals surface area contributed by atoms with Crippen LogP contribution in [0.3, 0.4) is 0 Å². The highest BCUT2D eigenvalue weighted by Gasteiger charge is 2.24. The van der Waals surface area contributed by atoms with Gasteiger partial charge in [0.2, 0.25) is 0 Å². The first-order valence-electron chi connectivity index (χ1n) is 7.55. The Hall–Kier alpha value is -1.92. The van der Waals surface area contributed by atoms with Crippen LogP contribution in [0, 0.1) is 0 Å². The van der Waals surface area contributed by atoms with E-state index in [0.717, 1.165) is 49.7 Å². The highest BCUT2D eigenvalue weighted by molar-refractivity contribution is 5.23. The van der Waals surface area contributed by atoms with Crippen LogP contribution in [0.1, 0.15) is 17.8 Å². The van der Waals surface area contributed by atoms with Gasteiger partial charge in [-0.15, -0.1) is 0 Å². The van der Waals surface area contributed by atoms with E-state index in [9.17, 15) is 0 Å².